The molecule has 0 aliphatic carbocycles. The number of aryl methyl sites for hydroxylation is 1. The number of halogens is 1. The molecule has 2 aromatic heterocycles. The molecular formula is C19H19FN4O3. The van der Waals surface area contributed by atoms with Crippen molar-refractivity contribution in [2.24, 2.45) is 0 Å². The Bertz CT molecular complexity index is 1020. The lowest BCUT2D eigenvalue weighted by Crippen LogP contribution is -2.44. The first kappa shape index (κ1) is 18.5. The van der Waals surface area contributed by atoms with Gasteiger partial charge in [-0.1, -0.05) is 17.3 Å². The van der Waals surface area contributed by atoms with E-state index in [0.29, 0.717) is 17.6 Å². The lowest BCUT2D eigenvalue weighted by atomic mass is 10.0. The number of pyridine rings is 1. The van der Waals surface area contributed by atoms with Crippen LogP contribution in [0.25, 0.3) is 22.4 Å². The average Bonchev–Trinajstić information content (AvgIpc) is 3.02. The Morgan fingerprint density at radius 2 is 2.04 bits per heavy atom. The first-order chi connectivity index (χ1) is 12.9. The molecule has 1 aromatic carbocycles. The van der Waals surface area contributed by atoms with Gasteiger partial charge in [-0.2, -0.15) is 0 Å². The number of aromatic nitrogens is 2. The summed E-state index contributed by atoms with van der Waals surface area (Å²) in [6, 6.07) is 6.85. The lowest BCUT2D eigenvalue weighted by molar-refractivity contribution is -0.122. The zero-order chi connectivity index (χ0) is 19.6. The molecule has 0 radical (unpaired) electrons. The quantitative estimate of drug-likeness (QED) is 0.719. The molecule has 2 N–H and O–H groups in total. The fraction of sp³-hybridized carbons (Fsp3) is 0.263. The molecule has 8 heteroatoms. The zero-order valence-corrected chi connectivity index (χ0v) is 15.2. The second kappa shape index (κ2) is 7.53. The van der Waals surface area contributed by atoms with E-state index >= 15 is 0 Å². The molecule has 0 saturated carbocycles. The molecule has 7 nitrogen and oxygen atoms in total. The van der Waals surface area contributed by atoms with E-state index in [1.165, 1.54) is 12.1 Å². The molecular weight excluding hydrogens is 351 g/mol. The first-order valence-corrected chi connectivity index (χ1v) is 8.52. The molecule has 2 amide bonds. The van der Waals surface area contributed by atoms with Crippen LogP contribution in [0.15, 0.2) is 34.9 Å². The van der Waals surface area contributed by atoms with Crippen LogP contribution < -0.4 is 10.6 Å². The summed E-state index contributed by atoms with van der Waals surface area (Å²) in [4.78, 5) is 29.0. The van der Waals surface area contributed by atoms with Crippen molar-refractivity contribution in [3.8, 4) is 11.3 Å². The van der Waals surface area contributed by atoms with Crippen LogP contribution >= 0.6 is 0 Å². The maximum absolute atomic E-state index is 14.2. The van der Waals surface area contributed by atoms with E-state index in [2.05, 4.69) is 20.8 Å². The molecule has 2 heterocycles. The van der Waals surface area contributed by atoms with Crippen molar-refractivity contribution in [2.45, 2.75) is 26.8 Å². The van der Waals surface area contributed by atoms with Gasteiger partial charge in [0.05, 0.1) is 22.3 Å². The van der Waals surface area contributed by atoms with Crippen LogP contribution in [0.4, 0.5) is 4.39 Å². The second-order valence-electron chi connectivity index (χ2n) is 6.07. The van der Waals surface area contributed by atoms with Crippen molar-refractivity contribution in [2.75, 3.05) is 6.54 Å². The van der Waals surface area contributed by atoms with Crippen LogP contribution in [0.1, 0.15) is 29.9 Å². The van der Waals surface area contributed by atoms with Gasteiger partial charge >= 0.3 is 0 Å². The molecule has 0 bridgehead atoms. The van der Waals surface area contributed by atoms with E-state index in [1.54, 1.807) is 39.0 Å². The summed E-state index contributed by atoms with van der Waals surface area (Å²) < 4.78 is 19.4. The molecule has 1 unspecified atom stereocenters. The highest BCUT2D eigenvalue weighted by Gasteiger charge is 2.23. The van der Waals surface area contributed by atoms with Gasteiger partial charge in [0.1, 0.15) is 11.9 Å². The highest BCUT2D eigenvalue weighted by molar-refractivity contribution is 6.08. The Labute approximate surface area is 154 Å². The van der Waals surface area contributed by atoms with Crippen LogP contribution in [0, 0.1) is 12.7 Å². The maximum atomic E-state index is 14.2. The van der Waals surface area contributed by atoms with E-state index in [9.17, 15) is 14.0 Å². The molecule has 0 aliphatic rings. The van der Waals surface area contributed by atoms with E-state index in [0.717, 1.165) is 0 Å². The van der Waals surface area contributed by atoms with E-state index in [1.807, 2.05) is 0 Å². The van der Waals surface area contributed by atoms with Crippen molar-refractivity contribution in [1.82, 2.24) is 20.8 Å². The molecule has 1 atom stereocenters. The summed E-state index contributed by atoms with van der Waals surface area (Å²) in [5.41, 5.74) is 1.30. The number of likely N-dealkylation sites (N-methyl/N-ethyl adjacent to an activating group) is 1. The van der Waals surface area contributed by atoms with E-state index in [4.69, 9.17) is 4.52 Å². The number of fused-ring (bicyclic) bond motifs is 1. The minimum Gasteiger partial charge on any atom is -0.355 e. The highest BCUT2D eigenvalue weighted by atomic mass is 19.1. The predicted octanol–water partition coefficient (Wildman–Crippen LogP) is 2.59. The molecule has 27 heavy (non-hydrogen) atoms. The number of hydrogen-bond acceptors (Lipinski definition) is 5. The van der Waals surface area contributed by atoms with Gasteiger partial charge in [0.15, 0.2) is 0 Å². The Balaban J connectivity index is 2.06. The van der Waals surface area contributed by atoms with Gasteiger partial charge in [-0.15, -0.1) is 0 Å². The third-order valence-electron chi connectivity index (χ3n) is 4.10. The molecule has 140 valence electrons. The lowest BCUT2D eigenvalue weighted by Gasteiger charge is -2.14. The summed E-state index contributed by atoms with van der Waals surface area (Å²) >= 11 is 0. The summed E-state index contributed by atoms with van der Waals surface area (Å²) in [7, 11) is 0. The first-order valence-electron chi connectivity index (χ1n) is 8.52. The van der Waals surface area contributed by atoms with Crippen molar-refractivity contribution < 1.29 is 18.5 Å². The van der Waals surface area contributed by atoms with Gasteiger partial charge in [0, 0.05) is 12.1 Å². The third-order valence-corrected chi connectivity index (χ3v) is 4.10. The largest absolute Gasteiger partial charge is 0.355 e. The Kier molecular flexibility index (Phi) is 5.16. The van der Waals surface area contributed by atoms with Crippen LogP contribution in [-0.4, -0.2) is 34.5 Å². The van der Waals surface area contributed by atoms with Crippen LogP contribution in [-0.2, 0) is 4.79 Å². The minimum atomic E-state index is -0.738. The fourth-order valence-corrected chi connectivity index (χ4v) is 2.75. The molecule has 3 aromatic rings. The van der Waals surface area contributed by atoms with E-state index < -0.39 is 17.8 Å². The number of amides is 2. The molecule has 0 spiro atoms. The highest BCUT2D eigenvalue weighted by Crippen LogP contribution is 2.28. The summed E-state index contributed by atoms with van der Waals surface area (Å²) in [6.45, 7) is 5.51. The molecule has 0 saturated heterocycles. The third kappa shape index (κ3) is 3.64. The number of carbonyl (C=O) groups excluding carboxylic acids is 2. The SMILES string of the molecule is CCNC(=O)C(C)NC(=O)c1cc(-c2ccccc2F)nc2onc(C)c12. The monoisotopic (exact) mass is 370 g/mol. The second-order valence-corrected chi connectivity index (χ2v) is 6.07. The average molecular weight is 370 g/mol. The van der Waals surface area contributed by atoms with Gasteiger partial charge in [0.25, 0.3) is 11.6 Å². The van der Waals surface area contributed by atoms with Gasteiger partial charge in [0.2, 0.25) is 5.91 Å². The fourth-order valence-electron chi connectivity index (χ4n) is 2.75. The van der Waals surface area contributed by atoms with Crippen molar-refractivity contribution in [3.05, 3.63) is 47.4 Å². The number of nitrogens with one attached hydrogen (secondary N) is 2. The Hall–Kier alpha value is -3.29. The number of rotatable bonds is 5. The zero-order valence-electron chi connectivity index (χ0n) is 15.2. The van der Waals surface area contributed by atoms with Crippen LogP contribution in [0.2, 0.25) is 0 Å². The van der Waals surface area contributed by atoms with Crippen molar-refractivity contribution in [1.29, 1.82) is 0 Å². The van der Waals surface area contributed by atoms with Gasteiger partial charge in [-0.05, 0) is 39.0 Å². The molecule has 3 rings (SSSR count). The summed E-state index contributed by atoms with van der Waals surface area (Å²) in [6.07, 6.45) is 0. The van der Waals surface area contributed by atoms with Crippen LogP contribution in [0.5, 0.6) is 0 Å². The standard InChI is InChI=1S/C19H19FN4O3/c1-4-21-17(25)11(3)22-18(26)13-9-15(12-7-5-6-8-14(12)20)23-19-16(13)10(2)24-27-19/h5-9,11H,4H2,1-3H3,(H,21,25)(H,22,26). The molecule has 0 fully saturated rings. The predicted molar refractivity (Wildman–Crippen MR) is 97.5 cm³/mol. The minimum absolute atomic E-state index is 0.129. The topological polar surface area (TPSA) is 97.1 Å². The van der Waals surface area contributed by atoms with Crippen molar-refractivity contribution >= 4 is 22.9 Å². The van der Waals surface area contributed by atoms with Crippen molar-refractivity contribution in [3.63, 3.8) is 0 Å². The van der Waals surface area contributed by atoms with Crippen LogP contribution in [0.3, 0.4) is 0 Å². The Morgan fingerprint density at radius 3 is 2.74 bits per heavy atom. The van der Waals surface area contributed by atoms with Gasteiger partial charge in [-0.25, -0.2) is 9.37 Å². The number of nitrogens with zero attached hydrogens (tertiary/aromatic N) is 2. The smallest absolute Gasteiger partial charge is 0.259 e. The van der Waals surface area contributed by atoms with E-state index in [-0.39, 0.29) is 28.4 Å². The number of hydrogen-bond donors (Lipinski definition) is 2. The Morgan fingerprint density at radius 1 is 1.30 bits per heavy atom. The maximum Gasteiger partial charge on any atom is 0.259 e. The summed E-state index contributed by atoms with van der Waals surface area (Å²) in [5, 5.41) is 9.56. The molecule has 0 aliphatic heterocycles. The van der Waals surface area contributed by atoms with Gasteiger partial charge < -0.3 is 15.2 Å². The summed E-state index contributed by atoms with van der Waals surface area (Å²) in [5.74, 6) is -1.26. The number of carbonyl (C=O) groups is 2. The number of benzene rings is 1. The van der Waals surface area contributed by atoms with Gasteiger partial charge in [-0.3, -0.25) is 9.59 Å². The normalized spacial score (nSPS) is 12.0.